The molecule has 138 heavy (non-hydrogen) atoms. The molecule has 4 N–H and O–H groups in total. The second kappa shape index (κ2) is 64.2. The van der Waals surface area contributed by atoms with Crippen LogP contribution in [-0.2, 0) is 138 Å². The van der Waals surface area contributed by atoms with Crippen LogP contribution in [0.25, 0.3) is 0 Å². The number of β-amino-alcohol motifs (C(OH)–C–C–N with tert-alkyl or cyclic N) is 1. The van der Waals surface area contributed by atoms with E-state index in [1.165, 1.54) is 59.1 Å². The summed E-state index contributed by atoms with van der Waals surface area (Å²) < 4.78 is 43.9. The summed E-state index contributed by atoms with van der Waals surface area (Å²) in [4.78, 5) is 200. The van der Waals surface area contributed by atoms with Crippen molar-refractivity contribution in [1.82, 2.24) is 34.7 Å². The van der Waals surface area contributed by atoms with Crippen molar-refractivity contribution in [2.75, 3.05) is 86.1 Å². The van der Waals surface area contributed by atoms with Crippen LogP contribution < -0.4 is 34.9 Å². The summed E-state index contributed by atoms with van der Waals surface area (Å²) in [5, 5.41) is 32.1. The number of amides is 5. The number of nitrogens with one attached hydrogen (secondary N) is 1. The van der Waals surface area contributed by atoms with E-state index in [1.54, 1.807) is 32.9 Å². The fraction of sp³-hybridized carbons (Fsp3) is 0.429. The molecule has 40 heteroatoms. The Kier molecular flexibility index (Phi) is 55.4. The molecule has 5 amide bonds. The van der Waals surface area contributed by atoms with Gasteiger partial charge >= 0.3 is 102 Å². The maximum Gasteiger partial charge on any atom is 1.00 e. The van der Waals surface area contributed by atoms with Crippen LogP contribution >= 0.6 is 11.6 Å². The van der Waals surface area contributed by atoms with Crippen LogP contribution in [0.15, 0.2) is 212 Å². The van der Waals surface area contributed by atoms with Crippen molar-refractivity contribution < 1.29 is 174 Å². The molecule has 12 rings (SSSR count). The predicted molar refractivity (Wildman–Crippen MR) is 499 cm³/mol. The Balaban J connectivity index is 0.000000418. The molecule has 0 spiro atoms. The second-order valence-electron chi connectivity index (χ2n) is 32.2. The number of benzene rings is 5. The van der Waals surface area contributed by atoms with E-state index in [-0.39, 0.29) is 119 Å². The van der Waals surface area contributed by atoms with Gasteiger partial charge in [-0.25, -0.2) is 67.3 Å². The molecular weight excluding hydrogens is 1820 g/mol. The molecule has 6 fully saturated rings. The number of ketones is 3. The smallest absolute Gasteiger partial charge is 0.793 e. The van der Waals surface area contributed by atoms with E-state index in [1.807, 2.05) is 153 Å². The van der Waals surface area contributed by atoms with Crippen molar-refractivity contribution in [3.05, 3.63) is 240 Å². The molecule has 7 aliphatic heterocycles. The number of ether oxygens (including phenoxy) is 8. The van der Waals surface area contributed by atoms with E-state index in [0.29, 0.717) is 30.8 Å². The number of aliphatic carboxylic acids is 2. The number of rotatable bonds is 23. The molecule has 3 radical (unpaired) electrons. The molecule has 7 aliphatic rings. The Bertz CT molecular complexity index is 4860. The number of halogens is 1. The number of Topliss-reactive ketones (excluding diaryl/α,β-unsaturated/α-hetero) is 3. The molecule has 6 saturated heterocycles. The van der Waals surface area contributed by atoms with E-state index in [9.17, 15) is 92.0 Å². The maximum absolute atomic E-state index is 12.5. The van der Waals surface area contributed by atoms with Crippen LogP contribution in [0.3, 0.4) is 0 Å². The fourth-order valence-corrected chi connectivity index (χ4v) is 14.2. The van der Waals surface area contributed by atoms with E-state index in [2.05, 4.69) is 63.7 Å². The van der Waals surface area contributed by atoms with Gasteiger partial charge < -0.3 is 76.1 Å². The van der Waals surface area contributed by atoms with E-state index in [0.717, 1.165) is 110 Å². The first-order valence-electron chi connectivity index (χ1n) is 43.5. The van der Waals surface area contributed by atoms with Crippen molar-refractivity contribution in [3.8, 4) is 0 Å². The zero-order valence-electron chi connectivity index (χ0n) is 79.8. The van der Waals surface area contributed by atoms with Crippen LogP contribution in [0.5, 0.6) is 0 Å². The van der Waals surface area contributed by atoms with Crippen molar-refractivity contribution in [2.45, 2.75) is 169 Å². The maximum atomic E-state index is 12.5. The molecule has 5 aromatic rings. The first-order valence-corrected chi connectivity index (χ1v) is 44.1. The minimum atomic E-state index is -1.21. The van der Waals surface area contributed by atoms with Crippen LogP contribution in [-0.4, -0.2) is 271 Å². The number of carboxylic acid groups (broad SMARTS) is 2. The summed E-state index contributed by atoms with van der Waals surface area (Å²) in [5.74, 6) is -7.83. The molecule has 0 aliphatic carbocycles. The largest absolute Gasteiger partial charge is 1.00 e. The number of allylic oxidation sites excluding steroid dienone is 4. The van der Waals surface area contributed by atoms with Gasteiger partial charge in [-0.1, -0.05) is 181 Å². The number of hydrogen-bond donors (Lipinski definition) is 4. The molecule has 0 saturated carbocycles. The van der Waals surface area contributed by atoms with Crippen LogP contribution in [0.1, 0.15) is 128 Å². The van der Waals surface area contributed by atoms with Crippen LogP contribution in [0.2, 0.25) is 0 Å². The number of alkyl halides is 1. The molecule has 7 heterocycles. The number of carbonyl (C=O) groups is 16. The van der Waals surface area contributed by atoms with Gasteiger partial charge in [-0.3, -0.25) is 43.7 Å². The standard InChI is InChI=1S/C18H22N2O4.C18H21NO5.C17H21NO5.C17H19NO5.C14H15NO5.C4H7Cl.C4H9N.C4H6O4.C2H3BO2.Na/c1-23-17(21)16-11-15(19-9-5-6-10-19)12-20(16)18(22)24-13-14-7-3-2-4-8-14;1-12(2)9-14-15(20)10-19(16(14)17(21)23-3)18(22)24-11-13-7-5-4-6-8-13;2*1-11(2)8-13-14(19)9-18(15(13)16(20)21)17(22)23-10-12-6-4-3-5-7-12;1-19-13(17)12-7-11(16)8-15(12)14(18)20-9-10-5-3-2-4-6-10;1-4(2)3-5;1-2-4-5-3-1;1-3(5)7-8-4(2)6;1-2(4)5-3;/h2-4,7-8,11,16H,5-6,9-10,12-13H2,1H3;4-8,14,16H,1,9-11H2,2-3H3;3-7,13-15,19H,1,8-10H2,2H3,(H,20,21);3-7,13,15H,1,8-10H2,2H3,(H,20,21);2-6,12H,7-9H2,1H3;1,3H2,2H3;5H,1-4H2;1-2H3;1H3;/q;;;;;;;;-1;+1/t;;13?,14-,15?;;;;;;;/m..0......./s1. The number of likely N-dealkylation sites (tertiary alicyclic amines) is 5. The Morgan fingerprint density at radius 3 is 1.07 bits per heavy atom. The number of hydrogen-bond acceptors (Lipinski definition) is 30. The van der Waals surface area contributed by atoms with Gasteiger partial charge in [0.15, 0.2) is 23.4 Å². The van der Waals surface area contributed by atoms with Crippen molar-refractivity contribution in [3.63, 3.8) is 0 Å². The van der Waals surface area contributed by atoms with Gasteiger partial charge in [0.05, 0.1) is 72.0 Å². The number of aliphatic hydroxyl groups is 1. The third-order valence-electron chi connectivity index (χ3n) is 20.6. The van der Waals surface area contributed by atoms with Gasteiger partial charge in [0.25, 0.3) is 0 Å². The van der Waals surface area contributed by atoms with E-state index >= 15 is 0 Å². The Morgan fingerprint density at radius 2 is 0.761 bits per heavy atom. The number of carbonyl (C=O) groups excluding carboxylic acids is 14. The Labute approximate surface area is 831 Å². The number of methoxy groups -OCH3 is 3. The topological polar surface area (TPSA) is 467 Å². The summed E-state index contributed by atoms with van der Waals surface area (Å²) in [7, 11) is 8.11. The van der Waals surface area contributed by atoms with Gasteiger partial charge in [-0.2, -0.15) is 0 Å². The van der Waals surface area contributed by atoms with Gasteiger partial charge in [0.2, 0.25) is 5.97 Å². The van der Waals surface area contributed by atoms with E-state index < -0.39 is 132 Å². The zero-order chi connectivity index (χ0) is 102. The normalized spacial score (nSPS) is 18.7. The fourth-order valence-electron chi connectivity index (χ4n) is 14.2. The number of aliphatic hydroxyl groups excluding tert-OH is 1. The summed E-state index contributed by atoms with van der Waals surface area (Å²) >= 11 is 5.24. The van der Waals surface area contributed by atoms with Crippen molar-refractivity contribution in [2.24, 2.45) is 17.8 Å². The molecule has 0 bridgehead atoms. The first kappa shape index (κ1) is 119. The molecule has 37 nitrogen and oxygen atoms in total. The number of carboxylic acids is 2. The average molecular weight is 1950 g/mol. The van der Waals surface area contributed by atoms with Crippen LogP contribution in [0, 0.1) is 17.8 Å². The molecule has 5 aromatic carbocycles. The van der Waals surface area contributed by atoms with Gasteiger partial charge in [-0.05, 0) is 120 Å². The third kappa shape index (κ3) is 42.7. The third-order valence-corrected chi connectivity index (χ3v) is 21.1. The summed E-state index contributed by atoms with van der Waals surface area (Å²) in [6, 6.07) is 41.1. The average Bonchev–Trinajstić information content (AvgIpc) is 1.64. The van der Waals surface area contributed by atoms with E-state index in [4.69, 9.17) is 44.8 Å². The Hall–Kier alpha value is -13.0. The summed E-state index contributed by atoms with van der Waals surface area (Å²) in [6.07, 6.45) is 3.47. The second-order valence-corrected chi connectivity index (χ2v) is 32.4. The van der Waals surface area contributed by atoms with Crippen molar-refractivity contribution in [1.29, 1.82) is 0 Å². The van der Waals surface area contributed by atoms with Crippen molar-refractivity contribution >= 4 is 115 Å². The van der Waals surface area contributed by atoms with Gasteiger partial charge in [0, 0.05) is 57.8 Å². The van der Waals surface area contributed by atoms with Gasteiger partial charge in [0.1, 0.15) is 57.2 Å². The predicted octanol–water partition coefficient (Wildman–Crippen LogP) is 8.75. The molecule has 741 valence electrons. The molecule has 8 unspecified atom stereocenters. The van der Waals surface area contributed by atoms with Gasteiger partial charge in [-0.15, -0.1) is 31.3 Å². The number of nitrogens with zero attached hydrogens (tertiary/aromatic N) is 6. The number of esters is 3. The quantitative estimate of drug-likeness (QED) is 0.00902. The zero-order valence-corrected chi connectivity index (χ0v) is 82.6. The Morgan fingerprint density at radius 1 is 0.428 bits per heavy atom. The SMILES string of the molecule is C1CCNC1.C=C(C)CC1C(=O)CN(C(=O)OCc2ccccc2)C1C(=O)O.C=C(C)CC1C(=O)CN(C(=O)OCc2ccccc2)C1C(=O)OC.C=C(C)CC1C(C(=O)O)N(C(=O)OCc2ccccc2)C[C@@H]1O.C=C(C)CCl.CC(=O)OOC(C)=O.COC(=O)C1C=C(N2CCCC2)CN1C(=O)OCc1ccccc1.COC(=O)C1CC(=O)CN1C(=O)OCc1ccccc1.[B-]OC(C)=O.[Na+]. The summed E-state index contributed by atoms with van der Waals surface area (Å²) in [5.41, 5.74) is 8.42. The monoisotopic (exact) mass is 1950 g/mol. The molecular formula is C98H123BClN7NaO30. The molecule has 9 atom stereocenters. The molecule has 0 aromatic heterocycles. The van der Waals surface area contributed by atoms with Crippen LogP contribution in [0.4, 0.5) is 24.0 Å². The minimum absolute atomic E-state index is 0. The summed E-state index contributed by atoms with van der Waals surface area (Å²) in [6.45, 7) is 30.1. The minimum Gasteiger partial charge on any atom is -0.793 e. The first-order chi connectivity index (χ1) is 65.2.